The molecule has 0 aliphatic heterocycles. The molecule has 0 unspecified atom stereocenters. The van der Waals surface area contributed by atoms with Gasteiger partial charge in [0.1, 0.15) is 5.75 Å². The van der Waals surface area contributed by atoms with Gasteiger partial charge in [-0.3, -0.25) is 0 Å². The third-order valence-electron chi connectivity index (χ3n) is 3.36. The molecule has 0 saturated carbocycles. The summed E-state index contributed by atoms with van der Waals surface area (Å²) in [6, 6.07) is 11.8. The van der Waals surface area contributed by atoms with Gasteiger partial charge in [-0.15, -0.1) is 0 Å². The Balaban J connectivity index is 1.71. The maximum Gasteiger partial charge on any atom is 0.471 e. The molecule has 0 spiro atoms. The minimum Gasteiger partial charge on any atom is -0.423 e. The fourth-order valence-corrected chi connectivity index (χ4v) is 2.04. The maximum absolute atomic E-state index is 12.5. The van der Waals surface area contributed by atoms with Crippen LogP contribution in [0.2, 0.25) is 0 Å². The predicted octanol–water partition coefficient (Wildman–Crippen LogP) is 3.47. The van der Waals surface area contributed by atoms with Gasteiger partial charge in [0.2, 0.25) is 5.82 Å². The Morgan fingerprint density at radius 2 is 1.73 bits per heavy atom. The number of aromatic nitrogens is 2. The van der Waals surface area contributed by atoms with Crippen molar-refractivity contribution in [1.29, 1.82) is 0 Å². The van der Waals surface area contributed by atoms with E-state index in [1.807, 2.05) is 0 Å². The minimum atomic E-state index is -4.72. The minimum absolute atomic E-state index is 0.136. The molecule has 1 heterocycles. The fourth-order valence-electron chi connectivity index (χ4n) is 2.04. The van der Waals surface area contributed by atoms with E-state index in [1.165, 1.54) is 36.4 Å². The highest BCUT2D eigenvalue weighted by Gasteiger charge is 2.38. The zero-order chi connectivity index (χ0) is 18.7. The molecule has 0 amide bonds. The molecule has 0 aliphatic carbocycles. The van der Waals surface area contributed by atoms with Crippen molar-refractivity contribution in [2.45, 2.75) is 12.8 Å². The van der Waals surface area contributed by atoms with E-state index >= 15 is 0 Å². The number of aliphatic hydroxyl groups excluding tert-OH is 1. The third kappa shape index (κ3) is 3.89. The summed E-state index contributed by atoms with van der Waals surface area (Å²) in [5.74, 6) is -2.07. The largest absolute Gasteiger partial charge is 0.471 e. The van der Waals surface area contributed by atoms with Gasteiger partial charge >= 0.3 is 18.0 Å². The predicted molar refractivity (Wildman–Crippen MR) is 82.1 cm³/mol. The number of aliphatic hydroxyl groups is 1. The summed E-state index contributed by atoms with van der Waals surface area (Å²) >= 11 is 0. The lowest BCUT2D eigenvalue weighted by atomic mass is 10.1. The van der Waals surface area contributed by atoms with Crippen LogP contribution < -0.4 is 4.74 Å². The maximum atomic E-state index is 12.5. The Kier molecular flexibility index (Phi) is 4.72. The number of carbonyl (C=O) groups is 1. The summed E-state index contributed by atoms with van der Waals surface area (Å²) < 4.78 is 46.7. The van der Waals surface area contributed by atoms with Crippen molar-refractivity contribution < 1.29 is 32.3 Å². The van der Waals surface area contributed by atoms with Crippen LogP contribution in [0.5, 0.6) is 5.75 Å². The zero-order valence-corrected chi connectivity index (χ0v) is 13.0. The molecule has 0 bridgehead atoms. The summed E-state index contributed by atoms with van der Waals surface area (Å²) in [6.45, 7) is -0.136. The summed E-state index contributed by atoms with van der Waals surface area (Å²) in [6.07, 6.45) is -4.72. The quantitative estimate of drug-likeness (QED) is 0.564. The molecular weight excluding hydrogens is 353 g/mol. The van der Waals surface area contributed by atoms with Crippen LogP contribution in [-0.2, 0) is 12.8 Å². The molecule has 0 atom stereocenters. The number of halogens is 3. The van der Waals surface area contributed by atoms with E-state index in [9.17, 15) is 18.0 Å². The molecule has 2 aromatic carbocycles. The molecule has 0 fully saturated rings. The van der Waals surface area contributed by atoms with Crippen LogP contribution in [0.4, 0.5) is 13.2 Å². The Morgan fingerprint density at radius 1 is 1.08 bits per heavy atom. The van der Waals surface area contributed by atoms with Crippen molar-refractivity contribution in [3.63, 3.8) is 0 Å². The second-order valence-corrected chi connectivity index (χ2v) is 5.19. The standard InChI is InChI=1S/C17H11F3N2O4/c18-17(19,20)16-21-14(22-26-16)11-5-7-13(8-6-11)25-15(24)12-3-1-10(9-23)2-4-12/h1-8,23H,9H2. The number of alkyl halides is 3. The van der Waals surface area contributed by atoms with Crippen molar-refractivity contribution in [2.75, 3.05) is 0 Å². The summed E-state index contributed by atoms with van der Waals surface area (Å²) in [5, 5.41) is 12.2. The van der Waals surface area contributed by atoms with Crippen molar-refractivity contribution in [2.24, 2.45) is 0 Å². The first-order valence-corrected chi connectivity index (χ1v) is 7.30. The average molecular weight is 364 g/mol. The van der Waals surface area contributed by atoms with Crippen LogP contribution >= 0.6 is 0 Å². The van der Waals surface area contributed by atoms with Crippen LogP contribution in [-0.4, -0.2) is 21.2 Å². The van der Waals surface area contributed by atoms with E-state index in [-0.39, 0.29) is 23.7 Å². The number of ether oxygens (including phenoxy) is 1. The van der Waals surface area contributed by atoms with Gasteiger partial charge in [0.15, 0.2) is 0 Å². The molecular formula is C17H11F3N2O4. The van der Waals surface area contributed by atoms with Crippen LogP contribution in [0.15, 0.2) is 53.1 Å². The Labute approximate surface area is 144 Å². The van der Waals surface area contributed by atoms with Gasteiger partial charge in [-0.05, 0) is 42.0 Å². The number of rotatable bonds is 4. The monoisotopic (exact) mass is 364 g/mol. The van der Waals surface area contributed by atoms with Gasteiger partial charge in [0, 0.05) is 5.56 Å². The van der Waals surface area contributed by atoms with Gasteiger partial charge in [-0.2, -0.15) is 18.2 Å². The molecule has 3 rings (SSSR count). The lowest BCUT2D eigenvalue weighted by Gasteiger charge is -2.05. The molecule has 0 saturated heterocycles. The Morgan fingerprint density at radius 3 is 2.27 bits per heavy atom. The molecule has 9 heteroatoms. The van der Waals surface area contributed by atoms with Gasteiger partial charge in [-0.1, -0.05) is 17.3 Å². The van der Waals surface area contributed by atoms with E-state index in [0.29, 0.717) is 11.1 Å². The molecule has 1 aromatic heterocycles. The first kappa shape index (κ1) is 17.6. The number of esters is 1. The van der Waals surface area contributed by atoms with E-state index in [4.69, 9.17) is 9.84 Å². The van der Waals surface area contributed by atoms with Gasteiger partial charge < -0.3 is 14.4 Å². The van der Waals surface area contributed by atoms with Gasteiger partial charge in [-0.25, -0.2) is 4.79 Å². The molecule has 134 valence electrons. The van der Waals surface area contributed by atoms with Crippen LogP contribution in [0.1, 0.15) is 21.8 Å². The van der Waals surface area contributed by atoms with Crippen molar-refractivity contribution >= 4 is 5.97 Å². The summed E-state index contributed by atoms with van der Waals surface area (Å²) in [5.41, 5.74) is 1.22. The van der Waals surface area contributed by atoms with Crippen LogP contribution in [0.3, 0.4) is 0 Å². The second-order valence-electron chi connectivity index (χ2n) is 5.19. The van der Waals surface area contributed by atoms with Crippen LogP contribution in [0.25, 0.3) is 11.4 Å². The highest BCUT2D eigenvalue weighted by molar-refractivity contribution is 5.91. The van der Waals surface area contributed by atoms with E-state index in [2.05, 4.69) is 14.7 Å². The van der Waals surface area contributed by atoms with E-state index < -0.39 is 18.0 Å². The topological polar surface area (TPSA) is 85.5 Å². The first-order chi connectivity index (χ1) is 12.4. The number of hydrogen-bond donors (Lipinski definition) is 1. The highest BCUT2D eigenvalue weighted by atomic mass is 19.4. The molecule has 1 N–H and O–H groups in total. The fraction of sp³-hybridized carbons (Fsp3) is 0.118. The molecule has 0 aliphatic rings. The SMILES string of the molecule is O=C(Oc1ccc(-c2noc(C(F)(F)F)n2)cc1)c1ccc(CO)cc1. The molecule has 3 aromatic rings. The van der Waals surface area contributed by atoms with Crippen molar-refractivity contribution in [3.8, 4) is 17.1 Å². The van der Waals surface area contributed by atoms with Gasteiger partial charge in [0.25, 0.3) is 0 Å². The van der Waals surface area contributed by atoms with Crippen molar-refractivity contribution in [3.05, 3.63) is 65.5 Å². The normalized spacial score (nSPS) is 11.4. The lowest BCUT2D eigenvalue weighted by Crippen LogP contribution is -2.08. The highest BCUT2D eigenvalue weighted by Crippen LogP contribution is 2.29. The first-order valence-electron chi connectivity index (χ1n) is 7.30. The van der Waals surface area contributed by atoms with E-state index in [1.54, 1.807) is 12.1 Å². The average Bonchev–Trinajstić information content (AvgIpc) is 3.13. The number of benzene rings is 2. The van der Waals surface area contributed by atoms with E-state index in [0.717, 1.165) is 0 Å². The van der Waals surface area contributed by atoms with Gasteiger partial charge in [0.05, 0.1) is 12.2 Å². The summed E-state index contributed by atoms with van der Waals surface area (Å²) in [7, 11) is 0. The number of carbonyl (C=O) groups excluding carboxylic acids is 1. The lowest BCUT2D eigenvalue weighted by molar-refractivity contribution is -0.159. The summed E-state index contributed by atoms with van der Waals surface area (Å²) in [4.78, 5) is 15.3. The molecule has 26 heavy (non-hydrogen) atoms. The number of nitrogens with zero attached hydrogens (tertiary/aromatic N) is 2. The molecule has 0 radical (unpaired) electrons. The molecule has 6 nitrogen and oxygen atoms in total. The second kappa shape index (κ2) is 6.96. The van der Waals surface area contributed by atoms with Crippen molar-refractivity contribution in [1.82, 2.24) is 10.1 Å². The smallest absolute Gasteiger partial charge is 0.423 e. The Bertz CT molecular complexity index is 903. The zero-order valence-electron chi connectivity index (χ0n) is 13.0. The Hall–Kier alpha value is -3.20. The number of hydrogen-bond acceptors (Lipinski definition) is 6. The van der Waals surface area contributed by atoms with Crippen LogP contribution in [0, 0.1) is 0 Å². The third-order valence-corrected chi connectivity index (χ3v) is 3.36.